The zero-order valence-electron chi connectivity index (χ0n) is 9.57. The summed E-state index contributed by atoms with van der Waals surface area (Å²) < 4.78 is 1.08. The maximum Gasteiger partial charge on any atom is 0.142 e. The summed E-state index contributed by atoms with van der Waals surface area (Å²) in [5.74, 6) is 6.19. The van der Waals surface area contributed by atoms with Crippen LogP contribution >= 0.6 is 15.9 Å². The minimum Gasteiger partial charge on any atom is -0.308 e. The summed E-state index contributed by atoms with van der Waals surface area (Å²) in [7, 11) is 0. The molecule has 0 saturated heterocycles. The number of amidine groups is 1. The van der Waals surface area contributed by atoms with Crippen molar-refractivity contribution in [3.8, 4) is 0 Å². The molecule has 0 unspecified atom stereocenters. The van der Waals surface area contributed by atoms with E-state index in [1.54, 1.807) is 0 Å². The molecule has 88 valence electrons. The number of rotatable bonds is 2. The van der Waals surface area contributed by atoms with Crippen LogP contribution in [0.25, 0.3) is 10.8 Å². The van der Waals surface area contributed by atoms with Gasteiger partial charge in [0, 0.05) is 16.6 Å². The number of halogens is 1. The molecule has 2 aromatic carbocycles. The number of hydrazine groups is 1. The molecule has 0 atom stereocenters. The third kappa shape index (κ3) is 2.65. The first-order valence-electron chi connectivity index (χ1n) is 5.45. The third-order valence-corrected chi connectivity index (χ3v) is 3.02. The van der Waals surface area contributed by atoms with Crippen LogP contribution in [0.5, 0.6) is 0 Å². The van der Waals surface area contributed by atoms with Crippen LogP contribution in [-0.2, 0) is 0 Å². The number of hydrogen-bond acceptors (Lipinski definition) is 2. The molecule has 0 aliphatic heterocycles. The van der Waals surface area contributed by atoms with Crippen LogP contribution in [0.3, 0.4) is 0 Å². The van der Waals surface area contributed by atoms with Gasteiger partial charge >= 0.3 is 0 Å². The van der Waals surface area contributed by atoms with Gasteiger partial charge in [-0.3, -0.25) is 4.99 Å². The second-order valence-corrected chi connectivity index (χ2v) is 4.59. The molecular weight excluding hydrogens is 278 g/mol. The van der Waals surface area contributed by atoms with Crippen molar-refractivity contribution in [2.75, 3.05) is 6.54 Å². The minimum atomic E-state index is 0.706. The van der Waals surface area contributed by atoms with Gasteiger partial charge < -0.3 is 5.43 Å². The minimum absolute atomic E-state index is 0.706. The highest BCUT2D eigenvalue weighted by Crippen LogP contribution is 2.21. The quantitative estimate of drug-likeness (QED) is 0.387. The Balaban J connectivity index is 2.51. The summed E-state index contributed by atoms with van der Waals surface area (Å²) in [6, 6.07) is 12.4. The summed E-state index contributed by atoms with van der Waals surface area (Å²) in [6.07, 6.45) is 0. The van der Waals surface area contributed by atoms with Crippen LogP contribution in [0.2, 0.25) is 0 Å². The van der Waals surface area contributed by atoms with E-state index in [2.05, 4.69) is 50.6 Å². The zero-order valence-corrected chi connectivity index (χ0v) is 11.2. The van der Waals surface area contributed by atoms with Crippen molar-refractivity contribution in [1.29, 1.82) is 0 Å². The molecule has 4 heteroatoms. The standard InChI is InChI=1S/C13H14BrN3/c1-2-16-13(17-15)11-4-3-10-8-12(14)6-5-9(10)7-11/h3-8H,2,15H2,1H3,(H,16,17). The first-order chi connectivity index (χ1) is 8.24. The fourth-order valence-electron chi connectivity index (χ4n) is 1.74. The highest BCUT2D eigenvalue weighted by Gasteiger charge is 2.02. The molecule has 0 saturated carbocycles. The lowest BCUT2D eigenvalue weighted by Gasteiger charge is -2.07. The van der Waals surface area contributed by atoms with Gasteiger partial charge in [-0.2, -0.15) is 0 Å². The van der Waals surface area contributed by atoms with Crippen LogP contribution in [0.15, 0.2) is 45.9 Å². The van der Waals surface area contributed by atoms with Gasteiger partial charge in [-0.05, 0) is 35.9 Å². The van der Waals surface area contributed by atoms with E-state index in [1.807, 2.05) is 19.1 Å². The van der Waals surface area contributed by atoms with Crippen LogP contribution in [0, 0.1) is 0 Å². The van der Waals surface area contributed by atoms with Crippen molar-refractivity contribution in [2.45, 2.75) is 6.92 Å². The Morgan fingerprint density at radius 3 is 2.65 bits per heavy atom. The number of nitrogens with zero attached hydrogens (tertiary/aromatic N) is 1. The van der Waals surface area contributed by atoms with Crippen LogP contribution in [-0.4, -0.2) is 12.4 Å². The average Bonchev–Trinajstić information content (AvgIpc) is 2.35. The van der Waals surface area contributed by atoms with Gasteiger partial charge in [0.15, 0.2) is 0 Å². The number of aliphatic imine (C=N–C) groups is 1. The Morgan fingerprint density at radius 2 is 1.94 bits per heavy atom. The maximum atomic E-state index is 5.47. The molecule has 3 nitrogen and oxygen atoms in total. The molecule has 0 fully saturated rings. The normalized spacial score (nSPS) is 11.8. The lowest BCUT2D eigenvalue weighted by molar-refractivity contribution is 0.992. The highest BCUT2D eigenvalue weighted by molar-refractivity contribution is 9.10. The maximum absolute atomic E-state index is 5.47. The summed E-state index contributed by atoms with van der Waals surface area (Å²) in [5.41, 5.74) is 3.64. The average molecular weight is 292 g/mol. The van der Waals surface area contributed by atoms with Crippen LogP contribution < -0.4 is 11.3 Å². The molecule has 0 heterocycles. The summed E-state index contributed by atoms with van der Waals surface area (Å²) >= 11 is 3.46. The molecule has 0 aliphatic rings. The van der Waals surface area contributed by atoms with Gasteiger partial charge in [0.1, 0.15) is 5.84 Å². The number of nitrogens with two attached hydrogens (primary N) is 1. The molecule has 2 aromatic rings. The molecular formula is C13H14BrN3. The van der Waals surface area contributed by atoms with Crippen molar-refractivity contribution in [3.63, 3.8) is 0 Å². The first kappa shape index (κ1) is 12.1. The molecule has 2 rings (SSSR count). The number of nitrogens with one attached hydrogen (secondary N) is 1. The van der Waals surface area contributed by atoms with Gasteiger partial charge in [-0.1, -0.05) is 34.1 Å². The number of fused-ring (bicyclic) bond motifs is 1. The van der Waals surface area contributed by atoms with E-state index < -0.39 is 0 Å². The van der Waals surface area contributed by atoms with E-state index in [0.717, 1.165) is 15.9 Å². The topological polar surface area (TPSA) is 50.4 Å². The Hall–Kier alpha value is -1.39. The Labute approximate surface area is 109 Å². The van der Waals surface area contributed by atoms with Gasteiger partial charge in [0.2, 0.25) is 0 Å². The molecule has 3 N–H and O–H groups in total. The first-order valence-corrected chi connectivity index (χ1v) is 6.24. The van der Waals surface area contributed by atoms with Gasteiger partial charge in [-0.15, -0.1) is 0 Å². The van der Waals surface area contributed by atoms with E-state index in [1.165, 1.54) is 10.8 Å². The second-order valence-electron chi connectivity index (χ2n) is 3.67. The molecule has 17 heavy (non-hydrogen) atoms. The van der Waals surface area contributed by atoms with Gasteiger partial charge in [0.05, 0.1) is 0 Å². The highest BCUT2D eigenvalue weighted by atomic mass is 79.9. The van der Waals surface area contributed by atoms with E-state index in [4.69, 9.17) is 5.84 Å². The summed E-state index contributed by atoms with van der Waals surface area (Å²) in [4.78, 5) is 4.31. The Morgan fingerprint density at radius 1 is 1.24 bits per heavy atom. The molecule has 0 aliphatic carbocycles. The van der Waals surface area contributed by atoms with E-state index in [9.17, 15) is 0 Å². The Bertz CT molecular complexity index is 564. The van der Waals surface area contributed by atoms with Crippen molar-refractivity contribution >= 4 is 32.5 Å². The summed E-state index contributed by atoms with van der Waals surface area (Å²) in [6.45, 7) is 2.69. The lowest BCUT2D eigenvalue weighted by Crippen LogP contribution is -2.31. The molecule has 0 aromatic heterocycles. The Kier molecular flexibility index (Phi) is 3.76. The fraction of sp³-hybridized carbons (Fsp3) is 0.154. The third-order valence-electron chi connectivity index (χ3n) is 2.53. The van der Waals surface area contributed by atoms with Crippen molar-refractivity contribution in [3.05, 3.63) is 46.4 Å². The number of benzene rings is 2. The molecule has 0 spiro atoms. The molecule has 0 bridgehead atoms. The smallest absolute Gasteiger partial charge is 0.142 e. The number of hydrogen-bond donors (Lipinski definition) is 2. The van der Waals surface area contributed by atoms with Crippen LogP contribution in [0.1, 0.15) is 12.5 Å². The largest absolute Gasteiger partial charge is 0.308 e. The molecule has 0 radical (unpaired) electrons. The summed E-state index contributed by atoms with van der Waals surface area (Å²) in [5, 5.41) is 2.36. The lowest BCUT2D eigenvalue weighted by atomic mass is 10.1. The zero-order chi connectivity index (χ0) is 12.3. The van der Waals surface area contributed by atoms with Gasteiger partial charge in [0.25, 0.3) is 0 Å². The van der Waals surface area contributed by atoms with Crippen LogP contribution in [0.4, 0.5) is 0 Å². The van der Waals surface area contributed by atoms with Gasteiger partial charge in [-0.25, -0.2) is 5.84 Å². The fourth-order valence-corrected chi connectivity index (χ4v) is 2.12. The van der Waals surface area contributed by atoms with E-state index >= 15 is 0 Å². The predicted molar refractivity (Wildman–Crippen MR) is 76.0 cm³/mol. The van der Waals surface area contributed by atoms with Crippen molar-refractivity contribution in [1.82, 2.24) is 5.43 Å². The van der Waals surface area contributed by atoms with Crippen molar-refractivity contribution < 1.29 is 0 Å². The van der Waals surface area contributed by atoms with E-state index in [0.29, 0.717) is 6.54 Å². The van der Waals surface area contributed by atoms with E-state index in [-0.39, 0.29) is 0 Å². The monoisotopic (exact) mass is 291 g/mol. The SMILES string of the molecule is CCN=C(NN)c1ccc2cc(Br)ccc2c1. The predicted octanol–water partition coefficient (Wildman–Crippen LogP) is 2.83. The van der Waals surface area contributed by atoms with Crippen molar-refractivity contribution in [2.24, 2.45) is 10.8 Å². The molecule has 0 amide bonds. The second kappa shape index (κ2) is 5.29.